The zero-order chi connectivity index (χ0) is 24.0. The Morgan fingerprint density at radius 3 is 2.59 bits per heavy atom. The molecule has 12 heteroatoms. The molecule has 0 saturated carbocycles. The van der Waals surface area contributed by atoms with Crippen LogP contribution in [0.5, 0.6) is 0 Å². The van der Waals surface area contributed by atoms with Crippen molar-refractivity contribution < 1.29 is 18.4 Å². The van der Waals surface area contributed by atoms with Crippen LogP contribution in [0.3, 0.4) is 0 Å². The van der Waals surface area contributed by atoms with Gasteiger partial charge in [-0.1, -0.05) is 16.8 Å². The number of rotatable bonds is 5. The fraction of sp³-hybridized carbons (Fsp3) is 0.500. The number of nitrogens with zero attached hydrogens (tertiary/aromatic N) is 7. The first-order valence-electron chi connectivity index (χ1n) is 11.1. The van der Waals surface area contributed by atoms with Gasteiger partial charge in [-0.05, 0) is 44.2 Å². The summed E-state index contributed by atoms with van der Waals surface area (Å²) in [6.07, 6.45) is 0. The molecule has 0 bridgehead atoms. The number of carbonyl (C=O) groups is 1. The average Bonchev–Trinajstić information content (AvgIpc) is 3.50. The van der Waals surface area contributed by atoms with Gasteiger partial charge >= 0.3 is 5.97 Å². The lowest BCUT2D eigenvalue weighted by molar-refractivity contribution is -0.156. The van der Waals surface area contributed by atoms with E-state index < -0.39 is 11.6 Å². The SMILES string of the molecule is CC(C)(C)OC(=O)Cn1nnc(-c2cc(N3CC4CN(c5cc(F)ccc5Cl)CC4C3)no2)n1. The molecule has 2 aliphatic rings. The van der Waals surface area contributed by atoms with Crippen LogP contribution in [-0.4, -0.2) is 63.1 Å². The van der Waals surface area contributed by atoms with E-state index in [-0.39, 0.29) is 18.2 Å². The molecule has 2 aromatic heterocycles. The topological polar surface area (TPSA) is 102 Å². The van der Waals surface area contributed by atoms with Gasteiger partial charge in [-0.15, -0.1) is 10.2 Å². The Morgan fingerprint density at radius 1 is 1.18 bits per heavy atom. The van der Waals surface area contributed by atoms with E-state index in [0.717, 1.165) is 36.7 Å². The Bertz CT molecular complexity index is 1190. The van der Waals surface area contributed by atoms with Gasteiger partial charge in [0, 0.05) is 44.1 Å². The molecule has 0 radical (unpaired) electrons. The molecule has 1 aromatic carbocycles. The highest BCUT2D eigenvalue weighted by Crippen LogP contribution is 2.38. The highest BCUT2D eigenvalue weighted by atomic mass is 35.5. The first-order valence-corrected chi connectivity index (χ1v) is 11.4. The smallest absolute Gasteiger partial charge is 0.330 e. The number of hydrogen-bond acceptors (Lipinski definition) is 9. The fourth-order valence-corrected chi connectivity index (χ4v) is 4.76. The molecule has 10 nitrogen and oxygen atoms in total. The van der Waals surface area contributed by atoms with E-state index >= 15 is 0 Å². The molecule has 2 fully saturated rings. The van der Waals surface area contributed by atoms with Crippen LogP contribution >= 0.6 is 11.6 Å². The second-order valence-electron chi connectivity index (χ2n) is 9.71. The Labute approximate surface area is 200 Å². The second kappa shape index (κ2) is 8.53. The van der Waals surface area contributed by atoms with Crippen molar-refractivity contribution in [2.75, 3.05) is 36.0 Å². The summed E-state index contributed by atoms with van der Waals surface area (Å²) in [5.41, 5.74) is 0.154. The maximum atomic E-state index is 13.7. The Hall–Kier alpha value is -3.21. The Kier molecular flexibility index (Phi) is 5.67. The van der Waals surface area contributed by atoms with Crippen molar-refractivity contribution in [3.8, 4) is 11.6 Å². The average molecular weight is 490 g/mol. The van der Waals surface area contributed by atoms with Crippen LogP contribution in [0.25, 0.3) is 11.6 Å². The molecule has 2 atom stereocenters. The predicted molar refractivity (Wildman–Crippen MR) is 122 cm³/mol. The first-order chi connectivity index (χ1) is 16.1. The lowest BCUT2D eigenvalue weighted by Gasteiger charge is -2.23. The van der Waals surface area contributed by atoms with Crippen LogP contribution in [0.4, 0.5) is 15.9 Å². The van der Waals surface area contributed by atoms with Gasteiger partial charge < -0.3 is 19.1 Å². The number of halogens is 2. The highest BCUT2D eigenvalue weighted by molar-refractivity contribution is 6.33. The van der Waals surface area contributed by atoms with Crippen molar-refractivity contribution in [3.05, 3.63) is 35.1 Å². The Morgan fingerprint density at radius 2 is 1.88 bits per heavy atom. The van der Waals surface area contributed by atoms with E-state index in [9.17, 15) is 9.18 Å². The van der Waals surface area contributed by atoms with E-state index in [1.807, 2.05) is 0 Å². The van der Waals surface area contributed by atoms with Crippen LogP contribution in [0.1, 0.15) is 20.8 Å². The van der Waals surface area contributed by atoms with E-state index in [2.05, 4.69) is 30.4 Å². The fourth-order valence-electron chi connectivity index (χ4n) is 4.52. The van der Waals surface area contributed by atoms with Crippen molar-refractivity contribution in [1.29, 1.82) is 0 Å². The standard InChI is InChI=1S/C22H25ClFN7O3/c1-22(2,3)33-20(32)12-31-26-21(25-28-31)18-7-19(27-34-18)30-10-13-8-29(9-14(13)11-30)17-6-15(24)4-5-16(17)23/h4-7,13-14H,8-12H2,1-3H3. The summed E-state index contributed by atoms with van der Waals surface area (Å²) in [4.78, 5) is 17.5. The minimum absolute atomic E-state index is 0.146. The molecule has 0 N–H and O–H groups in total. The van der Waals surface area contributed by atoms with Crippen LogP contribution in [0.15, 0.2) is 28.8 Å². The number of hydrogen-bond donors (Lipinski definition) is 0. The van der Waals surface area contributed by atoms with E-state index in [0.29, 0.717) is 28.4 Å². The minimum atomic E-state index is -0.588. The normalized spacial score (nSPS) is 20.1. The van der Waals surface area contributed by atoms with Crippen molar-refractivity contribution >= 4 is 29.1 Å². The van der Waals surface area contributed by atoms with E-state index in [4.69, 9.17) is 20.9 Å². The van der Waals surface area contributed by atoms with Crippen LogP contribution in [-0.2, 0) is 16.1 Å². The molecule has 0 spiro atoms. The molecular formula is C22H25ClFN7O3. The highest BCUT2D eigenvalue weighted by Gasteiger charge is 2.41. The number of fused-ring (bicyclic) bond motifs is 1. The van der Waals surface area contributed by atoms with Gasteiger partial charge in [-0.25, -0.2) is 9.18 Å². The van der Waals surface area contributed by atoms with Gasteiger partial charge in [0.1, 0.15) is 11.4 Å². The van der Waals surface area contributed by atoms with Crippen LogP contribution in [0.2, 0.25) is 5.02 Å². The molecule has 4 heterocycles. The van der Waals surface area contributed by atoms with Crippen molar-refractivity contribution in [1.82, 2.24) is 25.4 Å². The molecule has 2 aliphatic heterocycles. The number of benzene rings is 1. The van der Waals surface area contributed by atoms with Crippen LogP contribution < -0.4 is 9.80 Å². The summed E-state index contributed by atoms with van der Waals surface area (Å²) in [5, 5.41) is 16.8. The zero-order valence-electron chi connectivity index (χ0n) is 19.1. The maximum absolute atomic E-state index is 13.7. The number of esters is 1. The summed E-state index contributed by atoms with van der Waals surface area (Å²) in [5.74, 6) is 1.39. The molecule has 180 valence electrons. The summed E-state index contributed by atoms with van der Waals surface area (Å²) in [6, 6.07) is 6.24. The molecule has 2 unspecified atom stereocenters. The molecule has 2 saturated heterocycles. The van der Waals surface area contributed by atoms with Crippen molar-refractivity contribution in [2.45, 2.75) is 32.9 Å². The molecule has 0 amide bonds. The van der Waals surface area contributed by atoms with Gasteiger partial charge in [0.15, 0.2) is 12.4 Å². The third kappa shape index (κ3) is 4.70. The quantitative estimate of drug-likeness (QED) is 0.500. The number of anilines is 2. The zero-order valence-corrected chi connectivity index (χ0v) is 19.9. The largest absolute Gasteiger partial charge is 0.459 e. The number of tetrazole rings is 1. The van der Waals surface area contributed by atoms with Gasteiger partial charge in [0.2, 0.25) is 11.6 Å². The summed E-state index contributed by atoms with van der Waals surface area (Å²) in [7, 11) is 0. The van der Waals surface area contributed by atoms with Crippen LogP contribution in [0, 0.1) is 17.7 Å². The molecule has 5 rings (SSSR count). The molecule has 3 aromatic rings. The van der Waals surface area contributed by atoms with E-state index in [1.165, 1.54) is 12.1 Å². The Balaban J connectivity index is 1.21. The summed E-state index contributed by atoms with van der Waals surface area (Å²) in [6.45, 7) is 8.45. The third-order valence-corrected chi connectivity index (χ3v) is 6.24. The van der Waals surface area contributed by atoms with Gasteiger partial charge in [-0.2, -0.15) is 4.80 Å². The third-order valence-electron chi connectivity index (χ3n) is 5.92. The molecule has 0 aliphatic carbocycles. The number of ether oxygens (including phenoxy) is 1. The second-order valence-corrected chi connectivity index (χ2v) is 10.1. The lowest BCUT2D eigenvalue weighted by atomic mass is 10.0. The number of aromatic nitrogens is 5. The molecular weight excluding hydrogens is 465 g/mol. The summed E-state index contributed by atoms with van der Waals surface area (Å²) < 4.78 is 24.4. The first kappa shape index (κ1) is 22.6. The summed E-state index contributed by atoms with van der Waals surface area (Å²) >= 11 is 6.29. The molecule has 34 heavy (non-hydrogen) atoms. The lowest BCUT2D eigenvalue weighted by Crippen LogP contribution is -2.29. The predicted octanol–water partition coefficient (Wildman–Crippen LogP) is 3.03. The van der Waals surface area contributed by atoms with Gasteiger partial charge in [0.05, 0.1) is 10.7 Å². The van der Waals surface area contributed by atoms with Crippen molar-refractivity contribution in [2.24, 2.45) is 11.8 Å². The number of carbonyl (C=O) groups excluding carboxylic acids is 1. The van der Waals surface area contributed by atoms with Gasteiger partial charge in [0.25, 0.3) is 0 Å². The van der Waals surface area contributed by atoms with Crippen molar-refractivity contribution in [3.63, 3.8) is 0 Å². The maximum Gasteiger partial charge on any atom is 0.330 e. The minimum Gasteiger partial charge on any atom is -0.459 e. The van der Waals surface area contributed by atoms with E-state index in [1.54, 1.807) is 32.9 Å². The monoisotopic (exact) mass is 489 g/mol. The van der Waals surface area contributed by atoms with Gasteiger partial charge in [-0.3, -0.25) is 0 Å².